The highest BCUT2D eigenvalue weighted by Crippen LogP contribution is 2.26. The number of aliphatic hydroxyl groups excluding tert-OH is 1. The maximum Gasteiger partial charge on any atom is 0.280 e. The predicted molar refractivity (Wildman–Crippen MR) is 65.9 cm³/mol. The largest absolute Gasteiger partial charge is 0.393 e. The molecule has 0 saturated carbocycles. The average molecular weight is 250 g/mol. The van der Waals surface area contributed by atoms with Gasteiger partial charge in [0, 0.05) is 24.8 Å². The van der Waals surface area contributed by atoms with Crippen LogP contribution in [-0.4, -0.2) is 35.5 Å². The number of anilines is 1. The van der Waals surface area contributed by atoms with E-state index >= 15 is 0 Å². The number of hydrogen-bond acceptors (Lipinski definition) is 5. The highest BCUT2D eigenvalue weighted by Gasteiger charge is 2.20. The van der Waals surface area contributed by atoms with Crippen molar-refractivity contribution >= 4 is 17.7 Å². The van der Waals surface area contributed by atoms with Gasteiger partial charge in [0.05, 0.1) is 16.6 Å². The van der Waals surface area contributed by atoms with E-state index in [1.807, 2.05) is 4.90 Å². The van der Waals surface area contributed by atoms with Gasteiger partial charge in [-0.2, -0.15) is 0 Å². The molecule has 1 fully saturated rings. The zero-order valence-corrected chi connectivity index (χ0v) is 9.78. The Kier molecular flexibility index (Phi) is 3.57. The number of nitro benzene ring substituents is 1. The van der Waals surface area contributed by atoms with Crippen LogP contribution in [0.25, 0.3) is 0 Å². The third kappa shape index (κ3) is 2.48. The molecule has 1 aliphatic heterocycles. The summed E-state index contributed by atoms with van der Waals surface area (Å²) >= 11 is 0. The molecule has 1 saturated heterocycles. The fraction of sp³-hybridized carbons (Fsp3) is 0.417. The number of aliphatic hydroxyl groups is 1. The standard InChI is InChI=1S/C12H14N2O4/c15-8-9-7-10(1-2-12(9)14(17)18)13-5-3-11(16)4-6-13/h1-2,7-8,11,16H,3-6H2. The molecule has 1 aliphatic rings. The molecular weight excluding hydrogens is 236 g/mol. The van der Waals surface area contributed by atoms with Crippen LogP contribution in [0.2, 0.25) is 0 Å². The molecule has 1 N–H and O–H groups in total. The van der Waals surface area contributed by atoms with Gasteiger partial charge < -0.3 is 10.0 Å². The monoisotopic (exact) mass is 250 g/mol. The van der Waals surface area contributed by atoms with E-state index in [1.54, 1.807) is 6.07 Å². The summed E-state index contributed by atoms with van der Waals surface area (Å²) in [4.78, 5) is 23.0. The topological polar surface area (TPSA) is 83.7 Å². The lowest BCUT2D eigenvalue weighted by Gasteiger charge is -2.31. The second-order valence-corrected chi connectivity index (χ2v) is 4.34. The van der Waals surface area contributed by atoms with E-state index in [-0.39, 0.29) is 17.4 Å². The number of nitrogens with zero attached hydrogens (tertiary/aromatic N) is 2. The number of hydrogen-bond donors (Lipinski definition) is 1. The average Bonchev–Trinajstić information content (AvgIpc) is 2.38. The minimum Gasteiger partial charge on any atom is -0.393 e. The number of carbonyl (C=O) groups is 1. The van der Waals surface area contributed by atoms with Crippen LogP contribution >= 0.6 is 0 Å². The maximum atomic E-state index is 10.9. The van der Waals surface area contributed by atoms with Crippen molar-refractivity contribution in [2.24, 2.45) is 0 Å². The van der Waals surface area contributed by atoms with E-state index in [4.69, 9.17) is 0 Å². The summed E-state index contributed by atoms with van der Waals surface area (Å²) < 4.78 is 0. The van der Waals surface area contributed by atoms with E-state index in [9.17, 15) is 20.0 Å². The normalized spacial score (nSPS) is 16.6. The smallest absolute Gasteiger partial charge is 0.280 e. The molecule has 1 aromatic rings. The number of benzene rings is 1. The third-order valence-electron chi connectivity index (χ3n) is 3.16. The van der Waals surface area contributed by atoms with Gasteiger partial charge in [-0.05, 0) is 25.0 Å². The second-order valence-electron chi connectivity index (χ2n) is 4.34. The van der Waals surface area contributed by atoms with Gasteiger partial charge in [0.1, 0.15) is 0 Å². The van der Waals surface area contributed by atoms with Gasteiger partial charge in [0.2, 0.25) is 0 Å². The molecule has 18 heavy (non-hydrogen) atoms. The lowest BCUT2D eigenvalue weighted by Crippen LogP contribution is -2.35. The number of rotatable bonds is 3. The van der Waals surface area contributed by atoms with Crippen molar-refractivity contribution in [3.8, 4) is 0 Å². The van der Waals surface area contributed by atoms with Crippen molar-refractivity contribution in [3.63, 3.8) is 0 Å². The van der Waals surface area contributed by atoms with Gasteiger partial charge in [0.15, 0.2) is 6.29 Å². The molecule has 0 unspecified atom stereocenters. The molecule has 6 heteroatoms. The van der Waals surface area contributed by atoms with Gasteiger partial charge in [-0.15, -0.1) is 0 Å². The van der Waals surface area contributed by atoms with Crippen molar-refractivity contribution in [2.75, 3.05) is 18.0 Å². The first-order chi connectivity index (χ1) is 8.61. The molecular formula is C12H14N2O4. The van der Waals surface area contributed by atoms with Crippen LogP contribution in [0.3, 0.4) is 0 Å². The molecule has 1 aromatic carbocycles. The molecule has 0 atom stereocenters. The molecule has 0 aromatic heterocycles. The fourth-order valence-corrected chi connectivity index (χ4v) is 2.12. The van der Waals surface area contributed by atoms with Gasteiger partial charge in [-0.1, -0.05) is 0 Å². The number of aldehydes is 1. The fourth-order valence-electron chi connectivity index (χ4n) is 2.12. The van der Waals surface area contributed by atoms with Crippen LogP contribution in [0.1, 0.15) is 23.2 Å². The third-order valence-corrected chi connectivity index (χ3v) is 3.16. The summed E-state index contributed by atoms with van der Waals surface area (Å²) in [6.07, 6.45) is 1.58. The first kappa shape index (κ1) is 12.5. The molecule has 0 amide bonds. The van der Waals surface area contributed by atoms with E-state index in [2.05, 4.69) is 0 Å². The van der Waals surface area contributed by atoms with Crippen molar-refractivity contribution in [2.45, 2.75) is 18.9 Å². The molecule has 1 heterocycles. The highest BCUT2D eigenvalue weighted by atomic mass is 16.6. The number of nitro groups is 1. The van der Waals surface area contributed by atoms with Crippen molar-refractivity contribution in [1.82, 2.24) is 0 Å². The van der Waals surface area contributed by atoms with Gasteiger partial charge in [-0.3, -0.25) is 14.9 Å². The quantitative estimate of drug-likeness (QED) is 0.497. The Morgan fingerprint density at radius 3 is 2.61 bits per heavy atom. The molecule has 0 bridgehead atoms. The molecule has 0 radical (unpaired) electrons. The van der Waals surface area contributed by atoms with E-state index in [0.717, 1.165) is 5.69 Å². The number of carbonyl (C=O) groups excluding carboxylic acids is 1. The van der Waals surface area contributed by atoms with Gasteiger partial charge in [-0.25, -0.2) is 0 Å². The second kappa shape index (κ2) is 5.14. The molecule has 0 aliphatic carbocycles. The van der Waals surface area contributed by atoms with Crippen molar-refractivity contribution in [1.29, 1.82) is 0 Å². The van der Waals surface area contributed by atoms with Crippen LogP contribution in [0.4, 0.5) is 11.4 Å². The van der Waals surface area contributed by atoms with Crippen molar-refractivity contribution < 1.29 is 14.8 Å². The van der Waals surface area contributed by atoms with Crippen LogP contribution in [0.15, 0.2) is 18.2 Å². The minimum absolute atomic E-state index is 0.0867. The molecule has 2 rings (SSSR count). The summed E-state index contributed by atoms with van der Waals surface area (Å²) in [7, 11) is 0. The SMILES string of the molecule is O=Cc1cc(N2CCC(O)CC2)ccc1[N+](=O)[O-]. The lowest BCUT2D eigenvalue weighted by molar-refractivity contribution is -0.385. The zero-order chi connectivity index (χ0) is 13.1. The lowest BCUT2D eigenvalue weighted by atomic mass is 10.1. The maximum absolute atomic E-state index is 10.9. The highest BCUT2D eigenvalue weighted by molar-refractivity contribution is 5.83. The van der Waals surface area contributed by atoms with Gasteiger partial charge in [0.25, 0.3) is 5.69 Å². The Hall–Kier alpha value is -1.95. The van der Waals surface area contributed by atoms with E-state index < -0.39 is 4.92 Å². The first-order valence-corrected chi connectivity index (χ1v) is 5.78. The summed E-state index contributed by atoms with van der Waals surface area (Å²) in [5.74, 6) is 0. The molecule has 96 valence electrons. The van der Waals surface area contributed by atoms with E-state index in [1.165, 1.54) is 12.1 Å². The molecule has 6 nitrogen and oxygen atoms in total. The summed E-state index contributed by atoms with van der Waals surface area (Å²) in [6.45, 7) is 1.38. The Morgan fingerprint density at radius 2 is 2.06 bits per heavy atom. The Labute approximate surface area is 104 Å². The summed E-state index contributed by atoms with van der Waals surface area (Å²) in [5, 5.41) is 20.1. The predicted octanol–water partition coefficient (Wildman–Crippen LogP) is 1.37. The summed E-state index contributed by atoms with van der Waals surface area (Å²) in [5.41, 5.74) is 0.698. The van der Waals surface area contributed by atoms with Crippen LogP contribution < -0.4 is 4.90 Å². The minimum atomic E-state index is -0.562. The van der Waals surface area contributed by atoms with Crippen molar-refractivity contribution in [3.05, 3.63) is 33.9 Å². The Balaban J connectivity index is 2.24. The Morgan fingerprint density at radius 1 is 1.39 bits per heavy atom. The van der Waals surface area contributed by atoms with Gasteiger partial charge >= 0.3 is 0 Å². The van der Waals surface area contributed by atoms with Crippen LogP contribution in [-0.2, 0) is 0 Å². The first-order valence-electron chi connectivity index (χ1n) is 5.78. The summed E-state index contributed by atoms with van der Waals surface area (Å²) in [6, 6.07) is 4.52. The van der Waals surface area contributed by atoms with Crippen LogP contribution in [0, 0.1) is 10.1 Å². The van der Waals surface area contributed by atoms with E-state index in [0.29, 0.717) is 32.2 Å². The Bertz CT molecular complexity index is 467. The van der Waals surface area contributed by atoms with Crippen LogP contribution in [0.5, 0.6) is 0 Å². The number of piperidine rings is 1. The molecule has 0 spiro atoms. The zero-order valence-electron chi connectivity index (χ0n) is 9.78.